The minimum atomic E-state index is -0.128. The molecule has 2 aliphatic heterocycles. The number of aliphatic imine (C=N–C) groups is 1. The molecule has 0 saturated carbocycles. The molecule has 1 aromatic carbocycles. The Bertz CT molecular complexity index is 1480. The van der Waals surface area contributed by atoms with Crippen molar-refractivity contribution in [1.29, 1.82) is 0 Å². The molecule has 222 valence electrons. The van der Waals surface area contributed by atoms with Crippen molar-refractivity contribution >= 4 is 24.1 Å². The summed E-state index contributed by atoms with van der Waals surface area (Å²) < 4.78 is 12.5. The molecule has 4 heterocycles. The molecular formula is C31H40N8O3. The number of anilines is 1. The maximum atomic E-state index is 13.2. The summed E-state index contributed by atoms with van der Waals surface area (Å²) in [6, 6.07) is 9.38. The van der Waals surface area contributed by atoms with Crippen molar-refractivity contribution in [3.63, 3.8) is 0 Å². The monoisotopic (exact) mass is 572 g/mol. The van der Waals surface area contributed by atoms with E-state index in [9.17, 15) is 4.79 Å². The van der Waals surface area contributed by atoms with E-state index in [-0.39, 0.29) is 5.91 Å². The topological polar surface area (TPSA) is 109 Å². The number of carbonyl (C=O) groups excluding carboxylic acids is 1. The number of rotatable bonds is 11. The third-order valence-corrected chi connectivity index (χ3v) is 8.05. The first-order chi connectivity index (χ1) is 20.3. The standard InChI is InChI=1S/C31H40N8O3/c1-22(38-14-12-31(13-15-38)20-33-21-31)6-11-27(32-2)35-30-34-19-24-18-26(29(40)37(3)4)28(39(24)36-30)23-7-9-25(10-8-23)42-17-16-41-5/h6-11,18-19,33H,2,12-17,20-21H2,1,3-5H3,(H,35,36)/b22-6+,27-11+. The number of likely N-dealkylation sites (tertiary alicyclic amines) is 1. The number of nitrogens with one attached hydrogen (secondary N) is 2. The summed E-state index contributed by atoms with van der Waals surface area (Å²) >= 11 is 0. The molecule has 0 aliphatic carbocycles. The van der Waals surface area contributed by atoms with Gasteiger partial charge in [0.1, 0.15) is 18.2 Å². The van der Waals surface area contributed by atoms with Gasteiger partial charge in [-0.3, -0.25) is 4.79 Å². The van der Waals surface area contributed by atoms with Crippen molar-refractivity contribution in [1.82, 2.24) is 29.7 Å². The minimum absolute atomic E-state index is 0.128. The van der Waals surface area contributed by atoms with Crippen LogP contribution in [0.15, 0.2) is 65.2 Å². The van der Waals surface area contributed by atoms with Crippen LogP contribution >= 0.6 is 0 Å². The molecule has 2 aliphatic rings. The molecule has 3 aromatic rings. The highest BCUT2D eigenvalue weighted by atomic mass is 16.5. The lowest BCUT2D eigenvalue weighted by Gasteiger charge is -2.49. The van der Waals surface area contributed by atoms with Crippen LogP contribution < -0.4 is 15.4 Å². The molecule has 0 unspecified atom stereocenters. The maximum absolute atomic E-state index is 13.2. The lowest BCUT2D eigenvalue weighted by molar-refractivity contribution is 0.0702. The van der Waals surface area contributed by atoms with E-state index in [2.05, 4.69) is 45.2 Å². The smallest absolute Gasteiger partial charge is 0.255 e. The predicted octanol–water partition coefficient (Wildman–Crippen LogP) is 3.67. The van der Waals surface area contributed by atoms with Gasteiger partial charge in [-0.05, 0) is 74.4 Å². The molecular weight excluding hydrogens is 532 g/mol. The van der Waals surface area contributed by atoms with Crippen LogP contribution in [0.25, 0.3) is 16.8 Å². The zero-order valence-corrected chi connectivity index (χ0v) is 24.9. The second-order valence-corrected chi connectivity index (χ2v) is 11.1. The highest BCUT2D eigenvalue weighted by Gasteiger charge is 2.39. The van der Waals surface area contributed by atoms with Crippen LogP contribution in [-0.4, -0.2) is 97.6 Å². The van der Waals surface area contributed by atoms with Gasteiger partial charge in [0.25, 0.3) is 5.91 Å². The summed E-state index contributed by atoms with van der Waals surface area (Å²) in [6.45, 7) is 11.2. The molecule has 11 nitrogen and oxygen atoms in total. The Morgan fingerprint density at radius 2 is 1.93 bits per heavy atom. The number of aromatic nitrogens is 3. The average Bonchev–Trinajstić information content (AvgIpc) is 3.37. The highest BCUT2D eigenvalue weighted by molar-refractivity contribution is 6.02. The fraction of sp³-hybridized carbons (Fsp3) is 0.419. The fourth-order valence-corrected chi connectivity index (χ4v) is 5.38. The number of piperidine rings is 1. The van der Waals surface area contributed by atoms with Gasteiger partial charge in [0.2, 0.25) is 5.95 Å². The van der Waals surface area contributed by atoms with Crippen molar-refractivity contribution < 1.29 is 14.3 Å². The lowest BCUT2D eigenvalue weighted by atomic mass is 9.73. The fourth-order valence-electron chi connectivity index (χ4n) is 5.38. The summed E-state index contributed by atoms with van der Waals surface area (Å²) in [7, 11) is 5.10. The van der Waals surface area contributed by atoms with Gasteiger partial charge in [0.05, 0.1) is 29.6 Å². The summed E-state index contributed by atoms with van der Waals surface area (Å²) in [5, 5.41) is 11.3. The molecule has 1 amide bonds. The molecule has 2 fully saturated rings. The maximum Gasteiger partial charge on any atom is 0.255 e. The average molecular weight is 573 g/mol. The Kier molecular flexibility index (Phi) is 8.89. The van der Waals surface area contributed by atoms with Crippen LogP contribution in [0.4, 0.5) is 5.95 Å². The van der Waals surface area contributed by atoms with Crippen molar-refractivity contribution in [2.45, 2.75) is 19.8 Å². The van der Waals surface area contributed by atoms with Gasteiger partial charge in [0, 0.05) is 58.6 Å². The zero-order chi connectivity index (χ0) is 29.7. The van der Waals surface area contributed by atoms with Crippen molar-refractivity contribution in [3.8, 4) is 17.0 Å². The third kappa shape index (κ3) is 6.32. The van der Waals surface area contributed by atoms with E-state index < -0.39 is 0 Å². The summed E-state index contributed by atoms with van der Waals surface area (Å²) in [6.07, 6.45) is 8.07. The molecule has 42 heavy (non-hydrogen) atoms. The van der Waals surface area contributed by atoms with Crippen LogP contribution in [0, 0.1) is 5.41 Å². The summed E-state index contributed by atoms with van der Waals surface area (Å²) in [4.78, 5) is 25.8. The highest BCUT2D eigenvalue weighted by Crippen LogP contribution is 2.36. The van der Waals surface area contributed by atoms with Crippen LogP contribution in [0.2, 0.25) is 0 Å². The molecule has 2 aromatic heterocycles. The minimum Gasteiger partial charge on any atom is -0.491 e. The number of allylic oxidation sites excluding steroid dienone is 3. The second-order valence-electron chi connectivity index (χ2n) is 11.1. The van der Waals surface area contributed by atoms with Crippen LogP contribution in [0.1, 0.15) is 30.1 Å². The normalized spacial score (nSPS) is 16.8. The van der Waals surface area contributed by atoms with Gasteiger partial charge in [-0.1, -0.05) is 0 Å². The Labute approximate surface area is 246 Å². The first-order valence-electron chi connectivity index (χ1n) is 14.2. The molecule has 2 N–H and O–H groups in total. The molecule has 2 saturated heterocycles. The number of hydrogen-bond donors (Lipinski definition) is 2. The van der Waals surface area contributed by atoms with Crippen LogP contribution in [0.5, 0.6) is 5.75 Å². The van der Waals surface area contributed by atoms with Crippen LogP contribution in [-0.2, 0) is 4.74 Å². The molecule has 0 radical (unpaired) electrons. The third-order valence-electron chi connectivity index (χ3n) is 8.05. The number of benzene rings is 1. The van der Waals surface area contributed by atoms with E-state index >= 15 is 0 Å². The van der Waals surface area contributed by atoms with E-state index in [0.717, 1.165) is 31.7 Å². The SMILES string of the molecule is C=N/C(=C\C=C(/C)N1CCC2(CC1)CNC2)Nc1ncc2cc(C(=O)N(C)C)c(-c3ccc(OCCOC)cc3)n2n1. The Hall–Kier alpha value is -4.22. The van der Waals surface area contributed by atoms with Gasteiger partial charge in [0.15, 0.2) is 0 Å². The quantitative estimate of drug-likeness (QED) is 0.204. The van der Waals surface area contributed by atoms with Gasteiger partial charge >= 0.3 is 0 Å². The van der Waals surface area contributed by atoms with E-state index in [1.54, 1.807) is 36.8 Å². The number of carbonyl (C=O) groups is 1. The first kappa shape index (κ1) is 29.3. The van der Waals surface area contributed by atoms with Crippen molar-refractivity contribution in [3.05, 3.63) is 65.8 Å². The molecule has 1 spiro atoms. The number of ether oxygens (including phenoxy) is 2. The summed E-state index contributed by atoms with van der Waals surface area (Å²) in [5.74, 6) is 1.45. The number of hydrogen-bond acceptors (Lipinski definition) is 9. The predicted molar refractivity (Wildman–Crippen MR) is 165 cm³/mol. The number of methoxy groups -OCH3 is 1. The van der Waals surface area contributed by atoms with E-state index in [4.69, 9.17) is 14.6 Å². The first-order valence-corrected chi connectivity index (χ1v) is 14.2. The van der Waals surface area contributed by atoms with Gasteiger partial charge in [-0.25, -0.2) is 14.5 Å². The van der Waals surface area contributed by atoms with Gasteiger partial charge in [-0.2, -0.15) is 0 Å². The molecule has 11 heteroatoms. The lowest BCUT2D eigenvalue weighted by Crippen LogP contribution is -2.57. The molecule has 0 atom stereocenters. The van der Waals surface area contributed by atoms with E-state index in [1.807, 2.05) is 36.4 Å². The van der Waals surface area contributed by atoms with Crippen molar-refractivity contribution in [2.24, 2.45) is 10.4 Å². The largest absolute Gasteiger partial charge is 0.491 e. The zero-order valence-electron chi connectivity index (χ0n) is 24.9. The second kappa shape index (κ2) is 12.7. The van der Waals surface area contributed by atoms with Gasteiger partial charge in [-0.15, -0.1) is 5.10 Å². The number of amides is 1. The number of nitrogens with zero attached hydrogens (tertiary/aromatic N) is 6. The van der Waals surface area contributed by atoms with E-state index in [0.29, 0.717) is 52.9 Å². The Balaban J connectivity index is 1.39. The van der Waals surface area contributed by atoms with Gasteiger partial charge < -0.3 is 29.9 Å². The van der Waals surface area contributed by atoms with E-state index in [1.165, 1.54) is 18.5 Å². The van der Waals surface area contributed by atoms with Crippen molar-refractivity contribution in [2.75, 3.05) is 65.9 Å². The molecule has 0 bridgehead atoms. The van der Waals surface area contributed by atoms with Crippen LogP contribution in [0.3, 0.4) is 0 Å². The molecule has 5 rings (SSSR count). The Morgan fingerprint density at radius 3 is 2.55 bits per heavy atom. The summed E-state index contributed by atoms with van der Waals surface area (Å²) in [5.41, 5.74) is 4.39. The Morgan fingerprint density at radius 1 is 1.19 bits per heavy atom. The number of fused-ring (bicyclic) bond motifs is 1.